The van der Waals surface area contributed by atoms with Gasteiger partial charge in [0.2, 0.25) is 0 Å². The quantitative estimate of drug-likeness (QED) is 0.0423. The van der Waals surface area contributed by atoms with Crippen molar-refractivity contribution < 1.29 is 183 Å². The van der Waals surface area contributed by atoms with Gasteiger partial charge in [-0.2, -0.15) is 0 Å². The Hall–Kier alpha value is -1.74. The molecule has 11 fully saturated rings. The number of fused-ring (bicyclic) bond motifs is 7. The molecular weight excluding hydrogens is 1420 g/mol. The summed E-state index contributed by atoms with van der Waals surface area (Å²) < 4.78 is 90.3. The van der Waals surface area contributed by atoms with Crippen LogP contribution in [0.2, 0.25) is 0 Å². The summed E-state index contributed by atoms with van der Waals surface area (Å²) in [5, 5.41) is 239. The van der Waals surface area contributed by atoms with Crippen LogP contribution in [0.5, 0.6) is 0 Å². The van der Waals surface area contributed by atoms with Gasteiger partial charge in [0.25, 0.3) is 0 Å². The zero-order chi connectivity index (χ0) is 76.8. The highest BCUT2D eigenvalue weighted by molar-refractivity contribution is 5.27. The summed E-state index contributed by atoms with van der Waals surface area (Å²) in [4.78, 5) is 0. The van der Waals surface area contributed by atoms with Gasteiger partial charge in [0.15, 0.2) is 49.8 Å². The lowest BCUT2D eigenvalue weighted by Gasteiger charge is -2.58. The molecule has 3 saturated carbocycles. The van der Waals surface area contributed by atoms with Crippen LogP contribution in [-0.4, -0.2) is 385 Å². The fraction of sp³-hybridized carbons (Fsp3) is 0.971. The first-order valence-electron chi connectivity index (χ1n) is 37.3. The van der Waals surface area contributed by atoms with E-state index in [9.17, 15) is 112 Å². The van der Waals surface area contributed by atoms with E-state index >= 15 is 0 Å². The monoisotopic (exact) mass is 1530 g/mol. The average Bonchev–Trinajstić information content (AvgIpc) is 1.51. The van der Waals surface area contributed by atoms with Gasteiger partial charge in [-0.15, -0.1) is 0 Å². The summed E-state index contributed by atoms with van der Waals surface area (Å²) in [6.07, 6.45) is -53.0. The SMILES string of the molecule is CC1C2C(CC3C4CC=C5C[C@@H](O[C@@H]6O[C@H](CO)[C@@H](O)[C@H](O[C@@H]7O[C@H](CO)[C@@H](O)[C@H](O)[C@H]7O)[C@H]6O[C@@H]6O[C@H](CO[C@@H]7O[C@H](C)[C@@H](O[C@@H]8O[C@H](C)[C@@H](O[C@@H]9O[C@H](CO)[C@@H](O)[C@H](O)[C@H]9O)[C@H](O)[C@@H]8O)[C@H](O)[C@@H]7O)[C@@H](O)[C@H](O)[C@H]6O)CC[C@]5(C)C4CC[C@@]32C)O[C@]1(O)CC[C@H](C)CO[C@@H]1O[C@H](CO)[C@@H](O)[C@H](O)[C@H]1O. The Morgan fingerprint density at radius 3 is 1.43 bits per heavy atom. The summed E-state index contributed by atoms with van der Waals surface area (Å²) in [7, 11) is 0. The molecule has 0 amide bonds. The minimum atomic E-state index is -2.12. The van der Waals surface area contributed by atoms with Gasteiger partial charge in [-0.1, -0.05) is 39.3 Å². The first-order chi connectivity index (χ1) is 50.1. The smallest absolute Gasteiger partial charge is 0.187 e. The van der Waals surface area contributed by atoms with Crippen LogP contribution in [0.25, 0.3) is 0 Å². The van der Waals surface area contributed by atoms with E-state index in [0.717, 1.165) is 31.3 Å². The van der Waals surface area contributed by atoms with Crippen LogP contribution in [0.4, 0.5) is 0 Å². The molecule has 8 aliphatic heterocycles. The standard InChI is InChI=1S/C69H114O37/c1-23(21-92-61-50(85)44(79)39(74)33(17-70)97-61)9-14-69(91)24(2)38-32(106-69)16-31-29-8-7-27-15-28(10-12-67(27,5)30(29)11-13-68(31,38)6)96-66-59(58(43(78)36(20-73)100-66)104-64-52(87)46(81)41(76)35(19-72)99-64)105-65-53(88)47(82)42(77)37(101-65)22-93-60-54(89)48(83)56(25(3)94-60)102-62-55(90)49(84)57(26(4)95-62)103-63-51(86)45(80)40(75)34(18-71)98-63/h7,23-26,28-66,70-91H,8-22H2,1-6H3/t23-,24?,25+,26+,28-,29?,30?,31?,32?,33+,34+,35+,36+,37+,38?,39+,40+,41+,42+,43+,44-,45-,46-,47-,48+,49+,50+,51+,52+,53+,54-,55-,56+,57+,58-,59+,60+,61+,62-,63-,64-,65-,66+,67-,68-,69+/m0/s1. The fourth-order valence-electron chi connectivity index (χ4n) is 19.3. The molecule has 4 aliphatic carbocycles. The molecule has 37 nitrogen and oxygen atoms in total. The zero-order valence-electron chi connectivity index (χ0n) is 60.0. The molecule has 6 unspecified atom stereocenters. The Labute approximate surface area is 611 Å². The highest BCUT2D eigenvalue weighted by atomic mass is 16.8. The van der Waals surface area contributed by atoms with E-state index in [-0.39, 0.29) is 59.0 Å². The Morgan fingerprint density at radius 2 is 0.887 bits per heavy atom. The van der Waals surface area contributed by atoms with Crippen molar-refractivity contribution in [3.05, 3.63) is 11.6 Å². The van der Waals surface area contributed by atoms with E-state index in [1.807, 2.05) is 6.92 Å². The maximum Gasteiger partial charge on any atom is 0.187 e. The predicted molar refractivity (Wildman–Crippen MR) is 347 cm³/mol. The largest absolute Gasteiger partial charge is 0.394 e. The second kappa shape index (κ2) is 33.6. The van der Waals surface area contributed by atoms with Crippen molar-refractivity contribution in [1.29, 1.82) is 0 Å². The van der Waals surface area contributed by atoms with Crippen molar-refractivity contribution in [2.45, 2.75) is 332 Å². The van der Waals surface area contributed by atoms with Gasteiger partial charge in [-0.25, -0.2) is 0 Å². The van der Waals surface area contributed by atoms with Crippen molar-refractivity contribution in [1.82, 2.24) is 0 Å². The molecule has 12 aliphatic rings. The Bertz CT molecular complexity index is 2870. The summed E-state index contributed by atoms with van der Waals surface area (Å²) in [6, 6.07) is 0. The molecule has 0 aromatic rings. The topological polar surface area (TPSA) is 584 Å². The Balaban J connectivity index is 0.698. The third kappa shape index (κ3) is 15.7. The molecule has 0 radical (unpaired) electrons. The van der Waals surface area contributed by atoms with Crippen molar-refractivity contribution in [2.24, 2.45) is 46.3 Å². The van der Waals surface area contributed by atoms with E-state index in [0.29, 0.717) is 32.1 Å². The Morgan fingerprint density at radius 1 is 0.453 bits per heavy atom. The van der Waals surface area contributed by atoms with Crippen LogP contribution >= 0.6 is 0 Å². The van der Waals surface area contributed by atoms with Crippen LogP contribution in [0.3, 0.4) is 0 Å². The van der Waals surface area contributed by atoms with Gasteiger partial charge in [0.1, 0.15) is 159 Å². The molecular formula is C69H114O37. The molecule has 8 heterocycles. The number of aliphatic hydroxyl groups is 22. The molecule has 0 aromatic heterocycles. The highest BCUT2D eigenvalue weighted by Crippen LogP contribution is 2.70. The number of ether oxygens (including phenoxy) is 15. The summed E-state index contributed by atoms with van der Waals surface area (Å²) in [6.45, 7) is 7.60. The maximum atomic E-state index is 12.3. The molecule has 612 valence electrons. The lowest BCUT2D eigenvalue weighted by molar-refractivity contribution is -0.398. The van der Waals surface area contributed by atoms with Gasteiger partial charge in [-0.05, 0) is 106 Å². The highest BCUT2D eigenvalue weighted by Gasteiger charge is 2.69. The molecule has 12 rings (SSSR count). The second-order valence-electron chi connectivity index (χ2n) is 32.3. The van der Waals surface area contributed by atoms with Crippen LogP contribution in [0.15, 0.2) is 11.6 Å². The maximum absolute atomic E-state index is 12.3. The number of aliphatic hydroxyl groups excluding tert-OH is 21. The minimum absolute atomic E-state index is 0.0605. The second-order valence-corrected chi connectivity index (χ2v) is 32.3. The van der Waals surface area contributed by atoms with E-state index in [2.05, 4.69) is 26.8 Å². The minimum Gasteiger partial charge on any atom is -0.394 e. The lowest BCUT2D eigenvalue weighted by Crippen LogP contribution is -2.67. The van der Waals surface area contributed by atoms with E-state index < -0.39 is 260 Å². The van der Waals surface area contributed by atoms with E-state index in [1.54, 1.807) is 0 Å². The van der Waals surface area contributed by atoms with Crippen molar-refractivity contribution in [3.8, 4) is 0 Å². The first kappa shape index (κ1) is 83.7. The van der Waals surface area contributed by atoms with Gasteiger partial charge < -0.3 is 183 Å². The average molecular weight is 1540 g/mol. The van der Waals surface area contributed by atoms with Gasteiger partial charge in [0.05, 0.1) is 64.1 Å². The third-order valence-corrected chi connectivity index (χ3v) is 25.8. The van der Waals surface area contributed by atoms with Crippen LogP contribution in [0, 0.1) is 46.3 Å². The molecule has 0 bridgehead atoms. The van der Waals surface area contributed by atoms with Crippen molar-refractivity contribution in [2.75, 3.05) is 39.6 Å². The van der Waals surface area contributed by atoms with Gasteiger partial charge >= 0.3 is 0 Å². The van der Waals surface area contributed by atoms with Crippen LogP contribution in [0.1, 0.15) is 99.3 Å². The summed E-state index contributed by atoms with van der Waals surface area (Å²) in [5.41, 5.74) is 0.666. The van der Waals surface area contributed by atoms with Gasteiger partial charge in [-0.3, -0.25) is 0 Å². The van der Waals surface area contributed by atoms with Crippen molar-refractivity contribution >= 4 is 0 Å². The van der Waals surface area contributed by atoms with Crippen molar-refractivity contribution in [3.63, 3.8) is 0 Å². The van der Waals surface area contributed by atoms with E-state index in [4.69, 9.17) is 71.1 Å². The molecule has 106 heavy (non-hydrogen) atoms. The molecule has 0 spiro atoms. The zero-order valence-corrected chi connectivity index (χ0v) is 60.0. The number of allylic oxidation sites excluding steroid dienone is 1. The molecule has 22 N–H and O–H groups in total. The fourth-order valence-corrected chi connectivity index (χ4v) is 19.3. The summed E-state index contributed by atoms with van der Waals surface area (Å²) >= 11 is 0. The third-order valence-electron chi connectivity index (χ3n) is 25.8. The van der Waals surface area contributed by atoms with Crippen LogP contribution in [-0.2, 0) is 71.1 Å². The van der Waals surface area contributed by atoms with Gasteiger partial charge in [0, 0.05) is 12.3 Å². The lowest BCUT2D eigenvalue weighted by atomic mass is 9.47. The number of hydrogen-bond acceptors (Lipinski definition) is 37. The van der Waals surface area contributed by atoms with Crippen LogP contribution < -0.4 is 0 Å². The normalized spacial score (nSPS) is 55.1. The molecule has 8 saturated heterocycles. The first-order valence-corrected chi connectivity index (χ1v) is 37.3. The predicted octanol–water partition coefficient (Wildman–Crippen LogP) is -8.51. The molecule has 46 atom stereocenters. The molecule has 0 aromatic carbocycles. The molecule has 37 heteroatoms. The summed E-state index contributed by atoms with van der Waals surface area (Å²) in [5.74, 6) is -0.925. The van der Waals surface area contributed by atoms with E-state index in [1.165, 1.54) is 13.8 Å². The number of rotatable bonds is 23. The number of hydrogen-bond donors (Lipinski definition) is 22. The Kier molecular flexibility index (Phi) is 26.5.